The number of benzene rings is 3. The SMILES string of the molecule is CC(C)(C)NC(=O)C(Cc1ccccc1)N(Cc1ccccc1)C(=O)CSCc1ccc(F)cc1. The first-order chi connectivity index (χ1) is 16.7. The van der Waals surface area contributed by atoms with Gasteiger partial charge in [0.15, 0.2) is 0 Å². The molecule has 0 radical (unpaired) electrons. The highest BCUT2D eigenvalue weighted by molar-refractivity contribution is 7.99. The van der Waals surface area contributed by atoms with E-state index in [0.717, 1.165) is 16.7 Å². The van der Waals surface area contributed by atoms with Crippen LogP contribution in [0.3, 0.4) is 0 Å². The number of hydrogen-bond donors (Lipinski definition) is 1. The number of carbonyl (C=O) groups is 2. The maximum absolute atomic E-state index is 13.6. The van der Waals surface area contributed by atoms with Crippen LogP contribution in [-0.2, 0) is 28.3 Å². The van der Waals surface area contributed by atoms with E-state index in [4.69, 9.17) is 0 Å². The molecule has 3 aromatic carbocycles. The molecule has 1 unspecified atom stereocenters. The molecule has 0 fully saturated rings. The highest BCUT2D eigenvalue weighted by atomic mass is 32.2. The highest BCUT2D eigenvalue weighted by Gasteiger charge is 2.32. The molecular weight excluding hydrogens is 459 g/mol. The Morgan fingerprint density at radius 2 is 1.43 bits per heavy atom. The molecular formula is C29H33FN2O2S. The molecule has 0 bridgehead atoms. The van der Waals surface area contributed by atoms with Crippen LogP contribution in [0.2, 0.25) is 0 Å². The van der Waals surface area contributed by atoms with Crippen molar-refractivity contribution in [2.45, 2.75) is 51.1 Å². The van der Waals surface area contributed by atoms with Gasteiger partial charge in [-0.15, -0.1) is 11.8 Å². The van der Waals surface area contributed by atoms with E-state index in [2.05, 4.69) is 5.32 Å². The second-order valence-electron chi connectivity index (χ2n) is 9.57. The summed E-state index contributed by atoms with van der Waals surface area (Å²) < 4.78 is 13.2. The average Bonchev–Trinajstić information content (AvgIpc) is 2.82. The zero-order valence-corrected chi connectivity index (χ0v) is 21.4. The van der Waals surface area contributed by atoms with E-state index in [9.17, 15) is 14.0 Å². The second-order valence-corrected chi connectivity index (χ2v) is 10.6. The Bertz CT molecular complexity index is 1080. The van der Waals surface area contributed by atoms with Crippen molar-refractivity contribution < 1.29 is 14.0 Å². The Hall–Kier alpha value is -3.12. The zero-order chi connectivity index (χ0) is 25.3. The van der Waals surface area contributed by atoms with Crippen molar-refractivity contribution in [3.8, 4) is 0 Å². The molecule has 0 aliphatic heterocycles. The minimum Gasteiger partial charge on any atom is -0.350 e. The van der Waals surface area contributed by atoms with Gasteiger partial charge in [-0.1, -0.05) is 72.8 Å². The lowest BCUT2D eigenvalue weighted by Crippen LogP contribution is -2.54. The number of nitrogens with zero attached hydrogens (tertiary/aromatic N) is 1. The molecule has 0 spiro atoms. The van der Waals surface area contributed by atoms with Gasteiger partial charge in [0.05, 0.1) is 5.75 Å². The maximum Gasteiger partial charge on any atom is 0.243 e. The number of amides is 2. The first-order valence-electron chi connectivity index (χ1n) is 11.7. The fourth-order valence-corrected chi connectivity index (χ4v) is 4.58. The predicted octanol–water partition coefficient (Wildman–Crippen LogP) is 5.61. The van der Waals surface area contributed by atoms with Gasteiger partial charge >= 0.3 is 0 Å². The van der Waals surface area contributed by atoms with E-state index >= 15 is 0 Å². The normalized spacial score (nSPS) is 12.1. The summed E-state index contributed by atoms with van der Waals surface area (Å²) in [7, 11) is 0. The molecule has 0 saturated carbocycles. The summed E-state index contributed by atoms with van der Waals surface area (Å²) in [6, 6.07) is 25.1. The van der Waals surface area contributed by atoms with Crippen LogP contribution in [0.25, 0.3) is 0 Å². The number of nitrogens with one attached hydrogen (secondary N) is 1. The smallest absolute Gasteiger partial charge is 0.243 e. The van der Waals surface area contributed by atoms with Crippen LogP contribution >= 0.6 is 11.8 Å². The van der Waals surface area contributed by atoms with Gasteiger partial charge in [0.1, 0.15) is 11.9 Å². The summed E-state index contributed by atoms with van der Waals surface area (Å²) in [5, 5.41) is 3.07. The molecule has 0 aliphatic carbocycles. The largest absolute Gasteiger partial charge is 0.350 e. The van der Waals surface area contributed by atoms with E-state index in [1.165, 1.54) is 23.9 Å². The van der Waals surface area contributed by atoms with Gasteiger partial charge < -0.3 is 10.2 Å². The van der Waals surface area contributed by atoms with Crippen molar-refractivity contribution in [3.05, 3.63) is 107 Å². The van der Waals surface area contributed by atoms with E-state index in [-0.39, 0.29) is 23.4 Å². The fourth-order valence-electron chi connectivity index (χ4n) is 3.71. The summed E-state index contributed by atoms with van der Waals surface area (Å²) in [5.41, 5.74) is 2.48. The van der Waals surface area contributed by atoms with Crippen LogP contribution in [0.4, 0.5) is 4.39 Å². The van der Waals surface area contributed by atoms with E-state index in [1.807, 2.05) is 81.4 Å². The number of rotatable bonds is 10. The van der Waals surface area contributed by atoms with Crippen molar-refractivity contribution in [1.29, 1.82) is 0 Å². The molecule has 1 atom stereocenters. The Balaban J connectivity index is 1.83. The predicted molar refractivity (Wildman–Crippen MR) is 141 cm³/mol. The Kier molecular flexibility index (Phi) is 9.49. The molecule has 6 heteroatoms. The van der Waals surface area contributed by atoms with Gasteiger partial charge in [-0.05, 0) is 49.6 Å². The van der Waals surface area contributed by atoms with Crippen molar-refractivity contribution in [1.82, 2.24) is 10.2 Å². The Morgan fingerprint density at radius 1 is 0.857 bits per heavy atom. The van der Waals surface area contributed by atoms with Crippen molar-refractivity contribution in [3.63, 3.8) is 0 Å². The first-order valence-corrected chi connectivity index (χ1v) is 12.9. The first kappa shape index (κ1) is 26.5. The molecule has 35 heavy (non-hydrogen) atoms. The molecule has 0 saturated heterocycles. The van der Waals surface area contributed by atoms with Crippen LogP contribution < -0.4 is 5.32 Å². The third kappa shape index (κ3) is 8.87. The van der Waals surface area contributed by atoms with E-state index < -0.39 is 11.6 Å². The number of halogens is 1. The minimum atomic E-state index is -0.657. The number of carbonyl (C=O) groups excluding carboxylic acids is 2. The van der Waals surface area contributed by atoms with Gasteiger partial charge in [-0.3, -0.25) is 9.59 Å². The molecule has 2 amide bonds. The fraction of sp³-hybridized carbons (Fsp3) is 0.310. The molecule has 4 nitrogen and oxygen atoms in total. The van der Waals surface area contributed by atoms with Crippen LogP contribution in [0.5, 0.6) is 0 Å². The van der Waals surface area contributed by atoms with Gasteiger partial charge in [-0.2, -0.15) is 0 Å². The highest BCUT2D eigenvalue weighted by Crippen LogP contribution is 2.19. The lowest BCUT2D eigenvalue weighted by molar-refractivity contribution is -0.140. The van der Waals surface area contributed by atoms with Gasteiger partial charge in [0.25, 0.3) is 0 Å². The minimum absolute atomic E-state index is 0.106. The van der Waals surface area contributed by atoms with Gasteiger partial charge in [-0.25, -0.2) is 4.39 Å². The van der Waals surface area contributed by atoms with Crippen LogP contribution in [0, 0.1) is 5.82 Å². The lowest BCUT2D eigenvalue weighted by Gasteiger charge is -2.34. The number of thioether (sulfide) groups is 1. The summed E-state index contributed by atoms with van der Waals surface area (Å²) in [6.07, 6.45) is 0.421. The summed E-state index contributed by atoms with van der Waals surface area (Å²) >= 11 is 1.46. The molecule has 184 valence electrons. The number of hydrogen-bond acceptors (Lipinski definition) is 3. The third-order valence-corrected chi connectivity index (χ3v) is 6.36. The summed E-state index contributed by atoms with van der Waals surface area (Å²) in [4.78, 5) is 28.7. The summed E-state index contributed by atoms with van der Waals surface area (Å²) in [6.45, 7) is 6.15. The summed E-state index contributed by atoms with van der Waals surface area (Å²) in [5.74, 6) is 0.249. The van der Waals surface area contributed by atoms with Crippen molar-refractivity contribution >= 4 is 23.6 Å². The zero-order valence-electron chi connectivity index (χ0n) is 20.5. The van der Waals surface area contributed by atoms with Crippen molar-refractivity contribution in [2.24, 2.45) is 0 Å². The van der Waals surface area contributed by atoms with Gasteiger partial charge in [0, 0.05) is 24.3 Å². The quantitative estimate of drug-likeness (QED) is 0.400. The van der Waals surface area contributed by atoms with Gasteiger partial charge in [0.2, 0.25) is 11.8 Å². The molecule has 1 N–H and O–H groups in total. The molecule has 0 aliphatic rings. The van der Waals surface area contributed by atoms with Crippen molar-refractivity contribution in [2.75, 3.05) is 5.75 Å². The van der Waals surface area contributed by atoms with E-state index in [0.29, 0.717) is 18.7 Å². The topological polar surface area (TPSA) is 49.4 Å². The Labute approximate surface area is 211 Å². The average molecular weight is 493 g/mol. The molecule has 0 heterocycles. The standard InChI is InChI=1S/C29H33FN2O2S/c1-29(2,3)31-28(34)26(18-22-10-6-4-7-11-22)32(19-23-12-8-5-9-13-23)27(33)21-35-20-24-14-16-25(30)17-15-24/h4-17,26H,18-21H2,1-3H3,(H,31,34). The van der Waals surface area contributed by atoms with Crippen LogP contribution in [0.15, 0.2) is 84.9 Å². The maximum atomic E-state index is 13.6. The molecule has 3 aromatic rings. The molecule has 3 rings (SSSR count). The molecule has 0 aromatic heterocycles. The lowest BCUT2D eigenvalue weighted by atomic mass is 10.0. The monoisotopic (exact) mass is 492 g/mol. The Morgan fingerprint density at radius 3 is 2.00 bits per heavy atom. The third-order valence-electron chi connectivity index (χ3n) is 5.37. The van der Waals surface area contributed by atoms with E-state index in [1.54, 1.807) is 17.0 Å². The van der Waals surface area contributed by atoms with Crippen LogP contribution in [0.1, 0.15) is 37.5 Å². The second kappa shape index (κ2) is 12.5. The van der Waals surface area contributed by atoms with Crippen LogP contribution in [-0.4, -0.2) is 34.0 Å².